The minimum atomic E-state index is -4.22. The van der Waals surface area contributed by atoms with Crippen molar-refractivity contribution in [3.8, 4) is 11.1 Å². The van der Waals surface area contributed by atoms with E-state index < -0.39 is 23.0 Å². The van der Waals surface area contributed by atoms with E-state index in [9.17, 15) is 17.6 Å². The Morgan fingerprint density at radius 1 is 0.583 bits per heavy atom. The van der Waals surface area contributed by atoms with Crippen molar-refractivity contribution in [3.63, 3.8) is 0 Å². The van der Waals surface area contributed by atoms with Gasteiger partial charge >= 0.3 is 11.8 Å². The fourth-order valence-corrected chi connectivity index (χ4v) is 2.70. The number of alkyl halides is 4. The predicted octanol–water partition coefficient (Wildman–Crippen LogP) is 6.28. The molecule has 0 fully saturated rings. The van der Waals surface area contributed by atoms with Crippen LogP contribution in [0.2, 0.25) is 0 Å². The maximum Gasteiger partial charge on any atom is 0.339 e. The Bertz CT molecular complexity index is 810. The molecule has 24 heavy (non-hydrogen) atoms. The van der Waals surface area contributed by atoms with Gasteiger partial charge in [-0.25, -0.2) is 0 Å². The van der Waals surface area contributed by atoms with Crippen molar-refractivity contribution in [2.24, 2.45) is 0 Å². The van der Waals surface area contributed by atoms with Crippen LogP contribution in [-0.4, -0.2) is 11.8 Å². The number of aryl methyl sites for hydroxylation is 1. The molecule has 0 aromatic heterocycles. The van der Waals surface area contributed by atoms with E-state index in [-0.39, 0.29) is 5.56 Å². The quantitative estimate of drug-likeness (QED) is 0.568. The molecule has 0 amide bonds. The molecule has 4 heteroatoms. The zero-order valence-corrected chi connectivity index (χ0v) is 13.3. The third-order valence-electron chi connectivity index (χ3n) is 4.31. The van der Waals surface area contributed by atoms with E-state index >= 15 is 0 Å². The third-order valence-corrected chi connectivity index (χ3v) is 4.31. The molecule has 2 aromatic carbocycles. The Labute approximate surface area is 138 Å². The van der Waals surface area contributed by atoms with Crippen molar-refractivity contribution < 1.29 is 17.6 Å². The van der Waals surface area contributed by atoms with Crippen LogP contribution in [-0.2, 0) is 0 Å². The molecular formula is C20H16F4. The van der Waals surface area contributed by atoms with E-state index in [1.807, 2.05) is 31.2 Å². The SMILES string of the molecule is CC1=CC=C(c2ccc(-c3ccc(C)cc3)cc2)C(F)(F)C1(F)F. The second-order valence-corrected chi connectivity index (χ2v) is 6.02. The molecule has 1 aliphatic carbocycles. The maximum atomic E-state index is 14.2. The van der Waals surface area contributed by atoms with E-state index in [2.05, 4.69) is 0 Å². The molecule has 2 aromatic rings. The summed E-state index contributed by atoms with van der Waals surface area (Å²) in [6, 6.07) is 14.0. The number of halogens is 4. The smallest absolute Gasteiger partial charge is 0.194 e. The van der Waals surface area contributed by atoms with Crippen LogP contribution in [0.3, 0.4) is 0 Å². The minimum Gasteiger partial charge on any atom is -0.194 e. The van der Waals surface area contributed by atoms with Crippen molar-refractivity contribution in [3.05, 3.63) is 77.4 Å². The first-order valence-corrected chi connectivity index (χ1v) is 7.56. The van der Waals surface area contributed by atoms with Gasteiger partial charge in [-0.05, 0) is 30.5 Å². The van der Waals surface area contributed by atoms with Crippen LogP contribution in [0.15, 0.2) is 66.3 Å². The number of rotatable bonds is 2. The number of hydrogen-bond acceptors (Lipinski definition) is 0. The Morgan fingerprint density at radius 2 is 1.04 bits per heavy atom. The Morgan fingerprint density at radius 3 is 1.58 bits per heavy atom. The van der Waals surface area contributed by atoms with Crippen LogP contribution in [0, 0.1) is 6.92 Å². The standard InChI is InChI=1S/C20H16F4/c1-13-3-6-15(7-4-13)16-8-10-17(11-9-16)18-12-5-14(2)19(21,22)20(18,23)24/h3-12H,1-2H3. The molecule has 0 saturated carbocycles. The third kappa shape index (κ3) is 2.56. The molecular weight excluding hydrogens is 316 g/mol. The lowest BCUT2D eigenvalue weighted by molar-refractivity contribution is -0.148. The Balaban J connectivity index is 1.98. The maximum absolute atomic E-state index is 14.2. The van der Waals surface area contributed by atoms with Gasteiger partial charge in [0.1, 0.15) is 0 Å². The highest BCUT2D eigenvalue weighted by Gasteiger charge is 2.60. The van der Waals surface area contributed by atoms with E-state index in [1.54, 1.807) is 12.1 Å². The molecule has 0 heterocycles. The summed E-state index contributed by atoms with van der Waals surface area (Å²) in [4.78, 5) is 0. The van der Waals surface area contributed by atoms with E-state index in [1.165, 1.54) is 12.1 Å². The van der Waals surface area contributed by atoms with Crippen LogP contribution in [0.5, 0.6) is 0 Å². The van der Waals surface area contributed by atoms with Crippen molar-refractivity contribution >= 4 is 5.57 Å². The average molecular weight is 332 g/mol. The van der Waals surface area contributed by atoms with Gasteiger partial charge in [0.05, 0.1) is 0 Å². The molecule has 0 unspecified atom stereocenters. The van der Waals surface area contributed by atoms with Crippen LogP contribution in [0.25, 0.3) is 16.7 Å². The van der Waals surface area contributed by atoms with Crippen molar-refractivity contribution in [2.45, 2.75) is 25.7 Å². The fourth-order valence-electron chi connectivity index (χ4n) is 2.70. The van der Waals surface area contributed by atoms with Gasteiger partial charge in [-0.3, -0.25) is 0 Å². The van der Waals surface area contributed by atoms with Crippen LogP contribution < -0.4 is 0 Å². The van der Waals surface area contributed by atoms with Gasteiger partial charge in [0.2, 0.25) is 0 Å². The van der Waals surface area contributed by atoms with Gasteiger partial charge in [-0.1, -0.05) is 66.2 Å². The van der Waals surface area contributed by atoms with Crippen LogP contribution in [0.4, 0.5) is 17.6 Å². The lowest BCUT2D eigenvalue weighted by Gasteiger charge is -2.32. The topological polar surface area (TPSA) is 0 Å². The number of benzene rings is 2. The van der Waals surface area contributed by atoms with Gasteiger partial charge in [0, 0.05) is 11.1 Å². The lowest BCUT2D eigenvalue weighted by atomic mass is 9.86. The Kier molecular flexibility index (Phi) is 3.86. The van der Waals surface area contributed by atoms with E-state index in [4.69, 9.17) is 0 Å². The first-order chi connectivity index (χ1) is 11.2. The first kappa shape index (κ1) is 16.5. The highest BCUT2D eigenvalue weighted by molar-refractivity contribution is 5.77. The van der Waals surface area contributed by atoms with Gasteiger partial charge in [-0.2, -0.15) is 17.6 Å². The summed E-state index contributed by atoms with van der Waals surface area (Å²) in [6.45, 7) is 2.99. The largest absolute Gasteiger partial charge is 0.339 e. The molecule has 3 rings (SSSR count). The number of allylic oxidation sites excluding steroid dienone is 4. The molecule has 0 radical (unpaired) electrons. The molecule has 0 aliphatic heterocycles. The average Bonchev–Trinajstić information content (AvgIpc) is 2.54. The van der Waals surface area contributed by atoms with Crippen LogP contribution >= 0.6 is 0 Å². The zero-order valence-electron chi connectivity index (χ0n) is 13.3. The van der Waals surface area contributed by atoms with Gasteiger partial charge in [0.15, 0.2) is 0 Å². The van der Waals surface area contributed by atoms with Crippen LogP contribution in [0.1, 0.15) is 18.1 Å². The minimum absolute atomic E-state index is 0.0966. The summed E-state index contributed by atoms with van der Waals surface area (Å²) in [5, 5.41) is 0. The molecule has 0 atom stereocenters. The highest BCUT2D eigenvalue weighted by Crippen LogP contribution is 2.50. The van der Waals surface area contributed by atoms with E-state index in [0.29, 0.717) is 0 Å². The van der Waals surface area contributed by atoms with Gasteiger partial charge in [0.25, 0.3) is 0 Å². The zero-order chi connectivity index (χ0) is 17.5. The second kappa shape index (κ2) is 5.62. The fraction of sp³-hybridized carbons (Fsp3) is 0.200. The van der Waals surface area contributed by atoms with E-state index in [0.717, 1.165) is 35.8 Å². The normalized spacial score (nSPS) is 18.8. The molecule has 0 spiro atoms. The Hall–Kier alpha value is -2.36. The highest BCUT2D eigenvalue weighted by atomic mass is 19.3. The molecule has 0 bridgehead atoms. The summed E-state index contributed by atoms with van der Waals surface area (Å²) < 4.78 is 56.1. The lowest BCUT2D eigenvalue weighted by Crippen LogP contribution is -2.43. The van der Waals surface area contributed by atoms with Crippen molar-refractivity contribution in [1.29, 1.82) is 0 Å². The molecule has 0 saturated heterocycles. The van der Waals surface area contributed by atoms with Crippen molar-refractivity contribution in [2.75, 3.05) is 0 Å². The summed E-state index contributed by atoms with van der Waals surface area (Å²) in [7, 11) is 0. The second-order valence-electron chi connectivity index (χ2n) is 6.02. The monoisotopic (exact) mass is 332 g/mol. The molecule has 0 nitrogen and oxygen atoms in total. The summed E-state index contributed by atoms with van der Waals surface area (Å²) in [5.74, 6) is -8.40. The predicted molar refractivity (Wildman–Crippen MR) is 88.2 cm³/mol. The number of hydrogen-bond donors (Lipinski definition) is 0. The van der Waals surface area contributed by atoms with Gasteiger partial charge < -0.3 is 0 Å². The molecule has 124 valence electrons. The molecule has 1 aliphatic rings. The summed E-state index contributed by atoms with van der Waals surface area (Å²) >= 11 is 0. The van der Waals surface area contributed by atoms with Gasteiger partial charge in [-0.15, -0.1) is 0 Å². The first-order valence-electron chi connectivity index (χ1n) is 7.56. The van der Waals surface area contributed by atoms with Crippen molar-refractivity contribution in [1.82, 2.24) is 0 Å². The summed E-state index contributed by atoms with van der Waals surface area (Å²) in [6.07, 6.45) is 2.13. The summed E-state index contributed by atoms with van der Waals surface area (Å²) in [5.41, 5.74) is 1.71. The molecule has 0 N–H and O–H groups in total.